The van der Waals surface area contributed by atoms with Gasteiger partial charge in [0.25, 0.3) is 5.91 Å². The van der Waals surface area contributed by atoms with E-state index in [0.717, 1.165) is 31.1 Å². The van der Waals surface area contributed by atoms with E-state index in [1.807, 2.05) is 0 Å². The SMILES string of the molecule is CN(Cc1ccc(OCC(=O)Nc2ccc(S(=O)(=O)N3CCCCC3)cc2)cc1)S(C)(=O)=O. The van der Waals surface area contributed by atoms with Gasteiger partial charge in [-0.15, -0.1) is 0 Å². The third-order valence-electron chi connectivity index (χ3n) is 5.36. The van der Waals surface area contributed by atoms with Crippen molar-refractivity contribution in [2.75, 3.05) is 38.3 Å². The van der Waals surface area contributed by atoms with Crippen LogP contribution in [0.15, 0.2) is 53.4 Å². The van der Waals surface area contributed by atoms with Crippen LogP contribution >= 0.6 is 0 Å². The number of piperidine rings is 1. The van der Waals surface area contributed by atoms with Crippen molar-refractivity contribution in [2.45, 2.75) is 30.7 Å². The van der Waals surface area contributed by atoms with Crippen molar-refractivity contribution in [3.8, 4) is 5.75 Å². The lowest BCUT2D eigenvalue weighted by Crippen LogP contribution is -2.35. The Morgan fingerprint density at radius 3 is 2.15 bits per heavy atom. The molecule has 1 saturated heterocycles. The van der Waals surface area contributed by atoms with E-state index in [1.165, 1.54) is 27.8 Å². The monoisotopic (exact) mass is 495 g/mol. The van der Waals surface area contributed by atoms with E-state index in [2.05, 4.69) is 5.32 Å². The van der Waals surface area contributed by atoms with Crippen LogP contribution in [-0.2, 0) is 31.4 Å². The summed E-state index contributed by atoms with van der Waals surface area (Å²) in [6.07, 6.45) is 3.93. The number of carbonyl (C=O) groups is 1. The van der Waals surface area contributed by atoms with Gasteiger partial charge in [0.05, 0.1) is 11.2 Å². The molecule has 0 aliphatic carbocycles. The highest BCUT2D eigenvalue weighted by molar-refractivity contribution is 7.89. The molecule has 180 valence electrons. The van der Waals surface area contributed by atoms with E-state index in [1.54, 1.807) is 36.4 Å². The number of rotatable bonds is 9. The quantitative estimate of drug-likeness (QED) is 0.571. The maximum atomic E-state index is 12.7. The summed E-state index contributed by atoms with van der Waals surface area (Å²) in [5.74, 6) is 0.0846. The smallest absolute Gasteiger partial charge is 0.262 e. The first-order valence-electron chi connectivity index (χ1n) is 10.6. The third kappa shape index (κ3) is 7.00. The lowest BCUT2D eigenvalue weighted by Gasteiger charge is -2.25. The van der Waals surface area contributed by atoms with Gasteiger partial charge in [-0.2, -0.15) is 4.31 Å². The van der Waals surface area contributed by atoms with Crippen LogP contribution in [0.3, 0.4) is 0 Å². The molecule has 2 aromatic rings. The molecule has 1 N–H and O–H groups in total. The number of benzene rings is 2. The van der Waals surface area contributed by atoms with Gasteiger partial charge in [-0.05, 0) is 54.8 Å². The van der Waals surface area contributed by atoms with Gasteiger partial charge in [0.2, 0.25) is 20.0 Å². The zero-order valence-corrected chi connectivity index (χ0v) is 20.4. The fourth-order valence-electron chi connectivity index (χ4n) is 3.38. The molecule has 9 nitrogen and oxygen atoms in total. The average Bonchev–Trinajstić information content (AvgIpc) is 2.79. The first-order chi connectivity index (χ1) is 15.6. The molecule has 0 bridgehead atoms. The molecule has 3 rings (SSSR count). The molecule has 1 amide bonds. The minimum atomic E-state index is -3.51. The van der Waals surface area contributed by atoms with Gasteiger partial charge in [-0.1, -0.05) is 18.6 Å². The highest BCUT2D eigenvalue weighted by atomic mass is 32.2. The van der Waals surface area contributed by atoms with Gasteiger partial charge in [-0.25, -0.2) is 21.1 Å². The van der Waals surface area contributed by atoms with Crippen LogP contribution in [0, 0.1) is 0 Å². The lowest BCUT2D eigenvalue weighted by atomic mass is 10.2. The second-order valence-electron chi connectivity index (χ2n) is 7.99. The van der Waals surface area contributed by atoms with Crippen LogP contribution in [0.4, 0.5) is 5.69 Å². The maximum absolute atomic E-state index is 12.7. The molecule has 0 radical (unpaired) electrons. The lowest BCUT2D eigenvalue weighted by molar-refractivity contribution is -0.118. The van der Waals surface area contributed by atoms with Gasteiger partial charge in [0.1, 0.15) is 5.75 Å². The molecule has 0 aromatic heterocycles. The molecule has 1 aliphatic heterocycles. The van der Waals surface area contributed by atoms with E-state index < -0.39 is 20.0 Å². The van der Waals surface area contributed by atoms with Gasteiger partial charge in [0.15, 0.2) is 6.61 Å². The van der Waals surface area contributed by atoms with Crippen LogP contribution in [0.5, 0.6) is 5.75 Å². The van der Waals surface area contributed by atoms with Gasteiger partial charge >= 0.3 is 0 Å². The Balaban J connectivity index is 1.51. The minimum absolute atomic E-state index is 0.209. The van der Waals surface area contributed by atoms with Crippen molar-refractivity contribution in [3.63, 3.8) is 0 Å². The number of nitrogens with zero attached hydrogens (tertiary/aromatic N) is 2. The molecule has 11 heteroatoms. The predicted molar refractivity (Wildman–Crippen MR) is 126 cm³/mol. The number of hydrogen-bond acceptors (Lipinski definition) is 6. The number of anilines is 1. The molecule has 2 aromatic carbocycles. The highest BCUT2D eigenvalue weighted by Crippen LogP contribution is 2.22. The van der Waals surface area contributed by atoms with Crippen molar-refractivity contribution in [1.82, 2.24) is 8.61 Å². The van der Waals surface area contributed by atoms with Crippen LogP contribution in [-0.4, -0.2) is 64.4 Å². The van der Waals surface area contributed by atoms with Gasteiger partial charge < -0.3 is 10.1 Å². The molecule has 1 heterocycles. The summed E-state index contributed by atoms with van der Waals surface area (Å²) in [6, 6.07) is 12.9. The Bertz CT molecular complexity index is 1160. The van der Waals surface area contributed by atoms with E-state index in [-0.39, 0.29) is 24.0 Å². The molecule has 0 atom stereocenters. The van der Waals surface area contributed by atoms with E-state index >= 15 is 0 Å². The summed E-state index contributed by atoms with van der Waals surface area (Å²) in [4.78, 5) is 12.4. The number of carbonyl (C=O) groups excluding carboxylic acids is 1. The fraction of sp³-hybridized carbons (Fsp3) is 0.409. The van der Waals surface area contributed by atoms with Crippen LogP contribution < -0.4 is 10.1 Å². The highest BCUT2D eigenvalue weighted by Gasteiger charge is 2.25. The van der Waals surface area contributed by atoms with Crippen LogP contribution in [0.25, 0.3) is 0 Å². The summed E-state index contributed by atoms with van der Waals surface area (Å²) in [7, 11) is -5.28. The Kier molecular flexibility index (Phi) is 8.11. The number of nitrogens with one attached hydrogen (secondary N) is 1. The van der Waals surface area contributed by atoms with E-state index in [4.69, 9.17) is 4.74 Å². The molecule has 0 saturated carbocycles. The van der Waals surface area contributed by atoms with Crippen molar-refractivity contribution >= 4 is 31.6 Å². The molecule has 0 unspecified atom stereocenters. The minimum Gasteiger partial charge on any atom is -0.484 e. The second-order valence-corrected chi connectivity index (χ2v) is 12.0. The number of sulfonamides is 2. The summed E-state index contributed by atoms with van der Waals surface area (Å²) < 4.78 is 56.6. The van der Waals surface area contributed by atoms with Crippen molar-refractivity contribution in [2.24, 2.45) is 0 Å². The van der Waals surface area contributed by atoms with Crippen molar-refractivity contribution < 1.29 is 26.4 Å². The molecular formula is C22H29N3O6S2. The maximum Gasteiger partial charge on any atom is 0.262 e. The molecular weight excluding hydrogens is 466 g/mol. The largest absolute Gasteiger partial charge is 0.484 e. The molecule has 1 aliphatic rings. The molecule has 33 heavy (non-hydrogen) atoms. The Hall–Kier alpha value is -2.47. The third-order valence-corrected chi connectivity index (χ3v) is 8.53. The average molecular weight is 496 g/mol. The number of ether oxygens (including phenoxy) is 1. The van der Waals surface area contributed by atoms with Crippen LogP contribution in [0.1, 0.15) is 24.8 Å². The first-order valence-corrected chi connectivity index (χ1v) is 13.9. The standard InChI is InChI=1S/C22H29N3O6S2/c1-24(32(2,27)28)16-18-6-10-20(11-7-18)31-17-22(26)23-19-8-12-21(13-9-19)33(29,30)25-14-4-3-5-15-25/h6-13H,3-5,14-17H2,1-2H3,(H,23,26). The Labute approximate surface area is 195 Å². The topological polar surface area (TPSA) is 113 Å². The summed E-state index contributed by atoms with van der Waals surface area (Å²) in [5, 5.41) is 2.68. The zero-order chi connectivity index (χ0) is 24.1. The van der Waals surface area contributed by atoms with E-state index in [0.29, 0.717) is 24.5 Å². The summed E-state index contributed by atoms with van der Waals surface area (Å²) >= 11 is 0. The Morgan fingerprint density at radius 2 is 1.58 bits per heavy atom. The summed E-state index contributed by atoms with van der Waals surface area (Å²) in [5.41, 5.74) is 1.26. The number of amides is 1. The van der Waals surface area contributed by atoms with E-state index in [9.17, 15) is 21.6 Å². The summed E-state index contributed by atoms with van der Waals surface area (Å²) in [6.45, 7) is 1.08. The molecule has 0 spiro atoms. The van der Waals surface area contributed by atoms with Crippen LogP contribution in [0.2, 0.25) is 0 Å². The van der Waals surface area contributed by atoms with Gasteiger partial charge in [0, 0.05) is 32.4 Å². The second kappa shape index (κ2) is 10.6. The predicted octanol–water partition coefficient (Wildman–Crippen LogP) is 2.27. The molecule has 1 fully saturated rings. The zero-order valence-electron chi connectivity index (χ0n) is 18.7. The van der Waals surface area contributed by atoms with Gasteiger partial charge in [-0.3, -0.25) is 4.79 Å². The van der Waals surface area contributed by atoms with Crippen molar-refractivity contribution in [3.05, 3.63) is 54.1 Å². The fourth-order valence-corrected chi connectivity index (χ4v) is 5.28. The first kappa shape index (κ1) is 25.2. The Morgan fingerprint density at radius 1 is 0.970 bits per heavy atom. The van der Waals surface area contributed by atoms with Crippen molar-refractivity contribution in [1.29, 1.82) is 0 Å². The normalized spacial score (nSPS) is 15.4. The number of hydrogen-bond donors (Lipinski definition) is 1.